The number of hydrogen-bond acceptors (Lipinski definition) is 3. The molecular formula is C26H26N2O3. The number of benzene rings is 3. The van der Waals surface area contributed by atoms with Crippen molar-refractivity contribution in [2.75, 3.05) is 14.2 Å². The minimum Gasteiger partial charge on any atom is -0.497 e. The molecular weight excluding hydrogens is 388 g/mol. The summed E-state index contributed by atoms with van der Waals surface area (Å²) in [6, 6.07) is 23.8. The second kappa shape index (κ2) is 9.39. The predicted molar refractivity (Wildman–Crippen MR) is 123 cm³/mol. The van der Waals surface area contributed by atoms with Crippen LogP contribution in [0.3, 0.4) is 0 Å². The van der Waals surface area contributed by atoms with E-state index in [2.05, 4.69) is 16.4 Å². The maximum absolute atomic E-state index is 13.0. The summed E-state index contributed by atoms with van der Waals surface area (Å²) in [4.78, 5) is 16.3. The standard InChI is InChI=1S/C26H26N2O3/c1-30-19-12-13-21(25(14-19)31-2)22(23-17-27-24-11-7-6-10-20(23)24)15-26(29)28-16-18-8-4-3-5-9-18/h3-14,17,22,27H,15-16H2,1-2H3,(H,28,29). The zero-order valence-electron chi connectivity index (χ0n) is 17.7. The second-order valence-corrected chi connectivity index (χ2v) is 7.42. The fourth-order valence-corrected chi connectivity index (χ4v) is 3.93. The van der Waals surface area contributed by atoms with Gasteiger partial charge >= 0.3 is 0 Å². The van der Waals surface area contributed by atoms with E-state index in [1.165, 1.54) is 0 Å². The quantitative estimate of drug-likeness (QED) is 0.425. The molecule has 0 spiro atoms. The number of aromatic nitrogens is 1. The molecule has 3 aromatic carbocycles. The van der Waals surface area contributed by atoms with E-state index in [1.54, 1.807) is 14.2 Å². The lowest BCUT2D eigenvalue weighted by Gasteiger charge is -2.20. The molecule has 1 amide bonds. The van der Waals surface area contributed by atoms with Crippen molar-refractivity contribution in [3.05, 3.63) is 95.7 Å². The van der Waals surface area contributed by atoms with Crippen LogP contribution in [0.2, 0.25) is 0 Å². The first-order chi connectivity index (χ1) is 15.2. The molecule has 1 heterocycles. The first-order valence-electron chi connectivity index (χ1n) is 10.3. The molecule has 158 valence electrons. The highest BCUT2D eigenvalue weighted by atomic mass is 16.5. The zero-order valence-corrected chi connectivity index (χ0v) is 17.7. The van der Waals surface area contributed by atoms with Crippen molar-refractivity contribution in [2.45, 2.75) is 18.9 Å². The van der Waals surface area contributed by atoms with E-state index >= 15 is 0 Å². The van der Waals surface area contributed by atoms with Gasteiger partial charge in [-0.2, -0.15) is 0 Å². The van der Waals surface area contributed by atoms with Crippen LogP contribution in [-0.2, 0) is 11.3 Å². The molecule has 5 heteroatoms. The van der Waals surface area contributed by atoms with Crippen molar-refractivity contribution >= 4 is 16.8 Å². The normalized spacial score (nSPS) is 11.8. The molecule has 0 aliphatic rings. The summed E-state index contributed by atoms with van der Waals surface area (Å²) >= 11 is 0. The number of aromatic amines is 1. The number of methoxy groups -OCH3 is 2. The summed E-state index contributed by atoms with van der Waals surface area (Å²) in [5.41, 5.74) is 4.12. The van der Waals surface area contributed by atoms with Crippen LogP contribution in [0.1, 0.15) is 29.0 Å². The Morgan fingerprint density at radius 1 is 0.935 bits per heavy atom. The van der Waals surface area contributed by atoms with Crippen molar-refractivity contribution < 1.29 is 14.3 Å². The van der Waals surface area contributed by atoms with E-state index in [1.807, 2.05) is 72.9 Å². The van der Waals surface area contributed by atoms with Gasteiger partial charge in [0.05, 0.1) is 14.2 Å². The lowest BCUT2D eigenvalue weighted by Crippen LogP contribution is -2.25. The van der Waals surface area contributed by atoms with Crippen LogP contribution in [0, 0.1) is 0 Å². The summed E-state index contributed by atoms with van der Waals surface area (Å²) in [7, 11) is 3.27. The van der Waals surface area contributed by atoms with Crippen LogP contribution in [-0.4, -0.2) is 25.1 Å². The van der Waals surface area contributed by atoms with Gasteiger partial charge in [-0.15, -0.1) is 0 Å². The van der Waals surface area contributed by atoms with Gasteiger partial charge in [-0.3, -0.25) is 4.79 Å². The molecule has 31 heavy (non-hydrogen) atoms. The summed E-state index contributed by atoms with van der Waals surface area (Å²) in [5, 5.41) is 4.15. The molecule has 0 radical (unpaired) electrons. The number of H-pyrrole nitrogens is 1. The van der Waals surface area contributed by atoms with Crippen molar-refractivity contribution in [3.8, 4) is 11.5 Å². The molecule has 4 rings (SSSR count). The van der Waals surface area contributed by atoms with Crippen molar-refractivity contribution in [1.82, 2.24) is 10.3 Å². The van der Waals surface area contributed by atoms with Crippen LogP contribution in [0.15, 0.2) is 79.0 Å². The average molecular weight is 415 g/mol. The summed E-state index contributed by atoms with van der Waals surface area (Å²) in [6.07, 6.45) is 2.29. The SMILES string of the molecule is COc1ccc(C(CC(=O)NCc2ccccc2)c2c[nH]c3ccccc23)c(OC)c1. The number of nitrogens with one attached hydrogen (secondary N) is 2. The number of amides is 1. The van der Waals surface area contributed by atoms with Gasteiger partial charge in [-0.25, -0.2) is 0 Å². The Balaban J connectivity index is 1.67. The molecule has 5 nitrogen and oxygen atoms in total. The summed E-state index contributed by atoms with van der Waals surface area (Å²) < 4.78 is 11.0. The van der Waals surface area contributed by atoms with Gasteiger partial charge in [0.2, 0.25) is 5.91 Å². The van der Waals surface area contributed by atoms with E-state index in [-0.39, 0.29) is 11.8 Å². The first kappa shape index (κ1) is 20.5. The van der Waals surface area contributed by atoms with E-state index in [9.17, 15) is 4.79 Å². The second-order valence-electron chi connectivity index (χ2n) is 7.42. The highest BCUT2D eigenvalue weighted by molar-refractivity contribution is 5.86. The molecule has 0 saturated carbocycles. The van der Waals surface area contributed by atoms with Crippen LogP contribution in [0.25, 0.3) is 10.9 Å². The topological polar surface area (TPSA) is 63.3 Å². The van der Waals surface area contributed by atoms with Gasteiger partial charge in [0.25, 0.3) is 0 Å². The lowest BCUT2D eigenvalue weighted by molar-refractivity contribution is -0.121. The van der Waals surface area contributed by atoms with Gasteiger partial charge in [0.15, 0.2) is 0 Å². The lowest BCUT2D eigenvalue weighted by atomic mass is 9.87. The predicted octanol–water partition coefficient (Wildman–Crippen LogP) is 5.02. The van der Waals surface area contributed by atoms with E-state index in [0.717, 1.165) is 27.6 Å². The number of para-hydroxylation sites is 1. The Bertz CT molecular complexity index is 1170. The van der Waals surface area contributed by atoms with Gasteiger partial charge in [-0.1, -0.05) is 54.6 Å². The van der Waals surface area contributed by atoms with Crippen LogP contribution in [0.4, 0.5) is 0 Å². The Labute approximate surface area is 182 Å². The van der Waals surface area contributed by atoms with Crippen molar-refractivity contribution in [2.24, 2.45) is 0 Å². The molecule has 1 aromatic heterocycles. The van der Waals surface area contributed by atoms with Crippen molar-refractivity contribution in [3.63, 3.8) is 0 Å². The Hall–Kier alpha value is -3.73. The number of fused-ring (bicyclic) bond motifs is 1. The molecule has 4 aromatic rings. The highest BCUT2D eigenvalue weighted by Gasteiger charge is 2.24. The third-order valence-corrected chi connectivity index (χ3v) is 5.53. The number of ether oxygens (including phenoxy) is 2. The summed E-state index contributed by atoms with van der Waals surface area (Å²) in [6.45, 7) is 0.500. The van der Waals surface area contributed by atoms with E-state index in [4.69, 9.17) is 9.47 Å². The van der Waals surface area contributed by atoms with Crippen LogP contribution < -0.4 is 14.8 Å². The van der Waals surface area contributed by atoms with E-state index < -0.39 is 0 Å². The highest BCUT2D eigenvalue weighted by Crippen LogP contribution is 2.39. The minimum absolute atomic E-state index is 0.0167. The third-order valence-electron chi connectivity index (χ3n) is 5.53. The Morgan fingerprint density at radius 3 is 2.48 bits per heavy atom. The van der Waals surface area contributed by atoms with Crippen LogP contribution in [0.5, 0.6) is 11.5 Å². The molecule has 2 N–H and O–H groups in total. The van der Waals surface area contributed by atoms with Gasteiger partial charge in [-0.05, 0) is 23.3 Å². The monoisotopic (exact) mass is 414 g/mol. The average Bonchev–Trinajstić information content (AvgIpc) is 3.25. The van der Waals surface area contributed by atoms with Gasteiger partial charge in [0.1, 0.15) is 11.5 Å². The largest absolute Gasteiger partial charge is 0.497 e. The maximum atomic E-state index is 13.0. The first-order valence-corrected chi connectivity index (χ1v) is 10.3. The molecule has 1 unspecified atom stereocenters. The number of rotatable bonds is 8. The number of carbonyl (C=O) groups excluding carboxylic acids is 1. The Morgan fingerprint density at radius 2 is 1.71 bits per heavy atom. The summed E-state index contributed by atoms with van der Waals surface area (Å²) in [5.74, 6) is 1.22. The third kappa shape index (κ3) is 4.56. The molecule has 0 fully saturated rings. The van der Waals surface area contributed by atoms with Crippen molar-refractivity contribution in [1.29, 1.82) is 0 Å². The minimum atomic E-state index is -0.173. The van der Waals surface area contributed by atoms with Crippen LogP contribution >= 0.6 is 0 Å². The smallest absolute Gasteiger partial charge is 0.221 e. The fraction of sp³-hybridized carbons (Fsp3) is 0.192. The Kier molecular flexibility index (Phi) is 6.22. The van der Waals surface area contributed by atoms with Gasteiger partial charge in [0, 0.05) is 47.6 Å². The molecule has 0 bridgehead atoms. The molecule has 0 saturated heterocycles. The van der Waals surface area contributed by atoms with E-state index in [0.29, 0.717) is 24.5 Å². The molecule has 0 aliphatic heterocycles. The molecule has 0 aliphatic carbocycles. The fourth-order valence-electron chi connectivity index (χ4n) is 3.93. The van der Waals surface area contributed by atoms with Gasteiger partial charge < -0.3 is 19.8 Å². The maximum Gasteiger partial charge on any atom is 0.221 e. The number of carbonyl (C=O) groups is 1. The zero-order chi connectivity index (χ0) is 21.6. The molecule has 1 atom stereocenters. The number of hydrogen-bond donors (Lipinski definition) is 2.